The average molecular weight is 1320 g/mol. The predicted octanol–water partition coefficient (Wildman–Crippen LogP) is 12.1. The van der Waals surface area contributed by atoms with Gasteiger partial charge in [-0.05, 0) is 83.9 Å². The van der Waals surface area contributed by atoms with E-state index in [9.17, 15) is 53.9 Å². The van der Waals surface area contributed by atoms with Crippen LogP contribution in [0, 0.1) is 0 Å². The van der Waals surface area contributed by atoms with E-state index >= 15 is 0 Å². The Balaban J connectivity index is 0.000000366. The van der Waals surface area contributed by atoms with Gasteiger partial charge in [0.15, 0.2) is 0 Å². The van der Waals surface area contributed by atoms with Gasteiger partial charge in [-0.25, -0.2) is 29.9 Å². The molecule has 0 saturated carbocycles. The molecule has 0 spiro atoms. The van der Waals surface area contributed by atoms with E-state index in [1.807, 2.05) is 63.2 Å². The molecule has 0 aliphatic carbocycles. The number of alkyl halides is 9. The van der Waals surface area contributed by atoms with E-state index in [1.54, 1.807) is 6.07 Å². The molecule has 482 valence electrons. The molecular weight excluding hydrogens is 1260 g/mol. The van der Waals surface area contributed by atoms with Crippen molar-refractivity contribution in [2.75, 3.05) is 97.3 Å². The van der Waals surface area contributed by atoms with E-state index < -0.39 is 69.7 Å². The molecule has 3 fully saturated rings. The molecule has 0 amide bonds. The van der Waals surface area contributed by atoms with E-state index in [4.69, 9.17) is 52.0 Å². The molecule has 2 unspecified atom stereocenters. The number of carbonyl (C=O) groups is 3. The quantitative estimate of drug-likeness (QED) is 0.0520. The number of nitrogen functional groups attached to an aromatic ring is 3. The van der Waals surface area contributed by atoms with Gasteiger partial charge in [0.25, 0.3) is 0 Å². The van der Waals surface area contributed by atoms with Crippen LogP contribution in [0.25, 0.3) is 0 Å². The van der Waals surface area contributed by atoms with Crippen molar-refractivity contribution in [2.45, 2.75) is 30.6 Å². The number of halogens is 12. The van der Waals surface area contributed by atoms with Crippen LogP contribution >= 0.6 is 34.8 Å². The minimum absolute atomic E-state index is 0. The van der Waals surface area contributed by atoms with E-state index in [2.05, 4.69) is 45.9 Å². The van der Waals surface area contributed by atoms with Crippen LogP contribution in [-0.4, -0.2) is 113 Å². The lowest BCUT2D eigenvalue weighted by Crippen LogP contribution is -2.46. The number of nitrogens with two attached hydrogens (primary N) is 3. The second-order valence-corrected chi connectivity index (χ2v) is 21.7. The normalized spacial score (nSPS) is 16.3. The maximum Gasteiger partial charge on any atom is 0.418 e. The van der Waals surface area contributed by atoms with Crippen LogP contribution in [0.15, 0.2) is 134 Å². The fraction of sp³-hybridized carbons (Fsp3) is 0.250. The van der Waals surface area contributed by atoms with Crippen molar-refractivity contribution < 1.29 is 62.5 Å². The first kappa shape index (κ1) is 65.7. The number of hydrogen-bond donors (Lipinski definition) is 6. The summed E-state index contributed by atoms with van der Waals surface area (Å²) in [7, 11) is 0. The molecule has 9 N–H and O–H groups in total. The molecule has 11 rings (SSSR count). The SMILES string of the molecule is Nc1ncc(Cl)cc1C(=O)c1nc(N2CCNC(c3ccccc3)C2)ccc1C(F)(F)F.Nc1ncc(Cl)cc1C(=O)c1nc(N2CCNCC2)ccc1C(F)(F)F.Nc1ncccc1C(=O)c1nc(N2CCNC(c3cccc(Cl)c3)C2)ccc1C(F)(F)F.[HH].[HH].[HH].[HH].[HH].[HH]. The molecule has 6 aromatic heterocycles. The van der Waals surface area contributed by atoms with E-state index in [-0.39, 0.29) is 76.5 Å². The number of benzene rings is 2. The Hall–Kier alpha value is -8.73. The molecule has 90 heavy (non-hydrogen) atoms. The molecule has 30 heteroatoms. The Morgan fingerprint density at radius 2 is 0.867 bits per heavy atom. The maximum atomic E-state index is 13.7. The van der Waals surface area contributed by atoms with Crippen LogP contribution in [0.1, 0.15) is 96.6 Å². The Labute approximate surface area is 531 Å². The zero-order valence-corrected chi connectivity index (χ0v) is 49.2. The number of pyridine rings is 6. The van der Waals surface area contributed by atoms with Crippen LogP contribution in [0.2, 0.25) is 15.1 Å². The Morgan fingerprint density at radius 3 is 1.31 bits per heavy atom. The largest absolute Gasteiger partial charge is 0.418 e. The van der Waals surface area contributed by atoms with E-state index in [1.165, 1.54) is 61.1 Å². The van der Waals surface area contributed by atoms with Gasteiger partial charge in [0.1, 0.15) is 52.0 Å². The highest BCUT2D eigenvalue weighted by Crippen LogP contribution is 2.38. The first-order valence-corrected chi connectivity index (χ1v) is 28.5. The van der Waals surface area contributed by atoms with Gasteiger partial charge in [-0.1, -0.05) is 77.3 Å². The first-order valence-electron chi connectivity index (χ1n) is 27.4. The number of carbonyl (C=O) groups excluding carboxylic acids is 3. The van der Waals surface area contributed by atoms with Gasteiger partial charge in [0.05, 0.1) is 43.4 Å². The van der Waals surface area contributed by atoms with Crippen LogP contribution in [-0.2, 0) is 18.5 Å². The summed E-state index contributed by atoms with van der Waals surface area (Å²) in [4.78, 5) is 67.8. The van der Waals surface area contributed by atoms with Crippen LogP contribution in [0.5, 0.6) is 0 Å². The second-order valence-electron chi connectivity index (χ2n) is 20.4. The van der Waals surface area contributed by atoms with Crippen LogP contribution < -0.4 is 47.9 Å². The fourth-order valence-corrected chi connectivity index (χ4v) is 10.5. The molecule has 0 radical (unpaired) electrons. The highest BCUT2D eigenvalue weighted by molar-refractivity contribution is 6.32. The van der Waals surface area contributed by atoms with Crippen molar-refractivity contribution in [1.29, 1.82) is 0 Å². The number of aromatic nitrogens is 6. The average Bonchev–Trinajstić information content (AvgIpc) is 0.797. The van der Waals surface area contributed by atoms with Gasteiger partial charge in [-0.2, -0.15) is 39.5 Å². The summed E-state index contributed by atoms with van der Waals surface area (Å²) in [6.07, 6.45) is -10.5. The number of piperazine rings is 3. The summed E-state index contributed by atoms with van der Waals surface area (Å²) >= 11 is 17.8. The maximum absolute atomic E-state index is 13.7. The molecule has 3 aliphatic heterocycles. The molecular formula is C60H65Cl3F9N15O3. The van der Waals surface area contributed by atoms with Crippen LogP contribution in [0.3, 0.4) is 0 Å². The number of rotatable bonds is 11. The molecule has 3 aliphatic rings. The Kier molecular flexibility index (Phi) is 20.4. The predicted molar refractivity (Wildman–Crippen MR) is 336 cm³/mol. The number of ketones is 3. The lowest BCUT2D eigenvalue weighted by atomic mass is 10.0. The van der Waals surface area contributed by atoms with E-state index in [0.717, 1.165) is 29.3 Å². The smallest absolute Gasteiger partial charge is 0.383 e. The molecule has 2 atom stereocenters. The molecule has 8 aromatic rings. The monoisotopic (exact) mass is 1320 g/mol. The summed E-state index contributed by atoms with van der Waals surface area (Å²) in [5.74, 6) is -2.60. The standard InChI is InChI=1S/2C22H19ClF3N5O.C16H15ClF3N5O.6H2/c23-14-4-1-3-13(11-14)17-12-31(10-9-28-17)18-7-6-16(22(24,25)26)19(30-18)20(32)15-5-2-8-29-21(15)27;23-14-10-15(21(27)29-11-14)20(32)19-16(22(24,25)26)6-7-18(30-19)31-9-8-28-17(12-31)13-4-2-1-3-5-13;17-9-7-10(15(21)23-8-9)14(26)13-11(16(18,19)20)1-2-12(24-13)25-5-3-22-4-6-25;;;;;;/h1-8,11,17,28H,9-10,12H2,(H2,27,29);1-7,10-11,17,28H,8-9,12H2,(H2,27,29);1-2,7-8,22H,3-6H2,(H2,21,23);6*1H. The van der Waals surface area contributed by atoms with Gasteiger partial charge >= 0.3 is 18.5 Å². The summed E-state index contributed by atoms with van der Waals surface area (Å²) in [5, 5.41) is 10.7. The van der Waals surface area contributed by atoms with Crippen molar-refractivity contribution in [3.8, 4) is 0 Å². The zero-order chi connectivity index (χ0) is 64.7. The topological polar surface area (TPSA) is 252 Å². The minimum Gasteiger partial charge on any atom is -0.383 e. The summed E-state index contributed by atoms with van der Waals surface area (Å²) in [6.45, 7) is 5.66. The molecule has 3 saturated heterocycles. The van der Waals surface area contributed by atoms with Crippen molar-refractivity contribution in [3.63, 3.8) is 0 Å². The molecule has 9 heterocycles. The third-order valence-corrected chi connectivity index (χ3v) is 15.1. The van der Waals surface area contributed by atoms with Gasteiger partial charge in [0, 0.05) is 110 Å². The Bertz CT molecular complexity index is 3950. The third-order valence-electron chi connectivity index (χ3n) is 14.4. The molecule has 0 bridgehead atoms. The number of anilines is 6. The highest BCUT2D eigenvalue weighted by atomic mass is 35.5. The Morgan fingerprint density at radius 1 is 0.456 bits per heavy atom. The first-order chi connectivity index (χ1) is 42.7. The summed E-state index contributed by atoms with van der Waals surface area (Å²) in [6, 6.07) is 28.6. The minimum atomic E-state index is -4.77. The van der Waals surface area contributed by atoms with Gasteiger partial charge in [0.2, 0.25) is 17.3 Å². The van der Waals surface area contributed by atoms with Gasteiger partial charge in [-0.3, -0.25) is 14.4 Å². The number of nitrogens with zero attached hydrogens (tertiary/aromatic N) is 9. The van der Waals surface area contributed by atoms with Gasteiger partial charge < -0.3 is 47.9 Å². The highest BCUT2D eigenvalue weighted by Gasteiger charge is 2.41. The van der Waals surface area contributed by atoms with Crippen molar-refractivity contribution in [2.24, 2.45) is 0 Å². The lowest BCUT2D eigenvalue weighted by molar-refractivity contribution is -0.138. The van der Waals surface area contributed by atoms with Crippen LogP contribution in [0.4, 0.5) is 74.4 Å². The second kappa shape index (κ2) is 28.0. The molecule has 2 aromatic carbocycles. The number of nitrogens with one attached hydrogen (secondary N) is 3. The third kappa shape index (κ3) is 15.8. The fourth-order valence-electron chi connectivity index (χ4n) is 10.0. The van der Waals surface area contributed by atoms with E-state index in [0.29, 0.717) is 76.3 Å². The number of hydrogen-bond acceptors (Lipinski definition) is 18. The van der Waals surface area contributed by atoms with Crippen molar-refractivity contribution in [3.05, 3.63) is 211 Å². The van der Waals surface area contributed by atoms with Crippen molar-refractivity contribution >= 4 is 87.1 Å². The summed E-state index contributed by atoms with van der Waals surface area (Å²) in [5.41, 5.74) is 13.0. The van der Waals surface area contributed by atoms with Crippen molar-refractivity contribution in [1.82, 2.24) is 45.9 Å². The lowest BCUT2D eigenvalue weighted by Gasteiger charge is -2.35. The zero-order valence-electron chi connectivity index (χ0n) is 46.9. The van der Waals surface area contributed by atoms with Gasteiger partial charge in [-0.15, -0.1) is 0 Å². The summed E-state index contributed by atoms with van der Waals surface area (Å²) < 4.78 is 122. The molecule has 18 nitrogen and oxygen atoms in total.